The second-order valence-electron chi connectivity index (χ2n) is 15.2. The van der Waals surface area contributed by atoms with Gasteiger partial charge in [-0.05, 0) is 6.42 Å². The second kappa shape index (κ2) is 31.2. The van der Waals surface area contributed by atoms with Crippen LogP contribution in [-0.4, -0.2) is 28.2 Å². The Kier molecular flexibility index (Phi) is 27.6. The molecule has 0 aliphatic carbocycles. The van der Waals surface area contributed by atoms with Crippen LogP contribution in [0.15, 0.2) is 23.3 Å². The van der Waals surface area contributed by atoms with Gasteiger partial charge in [0.25, 0.3) is 5.56 Å². The molecule has 0 radical (unpaired) electrons. The summed E-state index contributed by atoms with van der Waals surface area (Å²) in [6.07, 6.45) is 52.5. The molecule has 0 saturated heterocycles. The van der Waals surface area contributed by atoms with Crippen LogP contribution in [0.1, 0.15) is 225 Å². The Balaban J connectivity index is 1.19. The number of fused-ring (bicyclic) bond motifs is 1. The summed E-state index contributed by atoms with van der Waals surface area (Å²) in [4.78, 5) is 18.5. The van der Waals surface area contributed by atoms with Gasteiger partial charge in [0.05, 0.1) is 5.69 Å². The summed E-state index contributed by atoms with van der Waals surface area (Å²) < 4.78 is 1.51. The Morgan fingerprint density at radius 3 is 1.17 bits per heavy atom. The first-order valence-electron chi connectivity index (χ1n) is 21.5. The van der Waals surface area contributed by atoms with E-state index in [9.17, 15) is 4.79 Å². The lowest BCUT2D eigenvalue weighted by atomic mass is 10.0. The Morgan fingerprint density at radius 1 is 0.521 bits per heavy atom. The van der Waals surface area contributed by atoms with E-state index in [0.717, 1.165) is 12.2 Å². The number of hydrogen-bond acceptors (Lipinski definition) is 3. The van der Waals surface area contributed by atoms with E-state index >= 15 is 0 Å². The molecule has 0 saturated carbocycles. The highest BCUT2D eigenvalue weighted by molar-refractivity contribution is 5.67. The number of unbranched alkanes of at least 4 members (excludes halogenated alkanes) is 33. The Bertz CT molecular complexity index is 1010. The van der Waals surface area contributed by atoms with Crippen LogP contribution in [-0.2, 0) is 0 Å². The van der Waals surface area contributed by atoms with Crippen LogP contribution >= 0.6 is 0 Å². The predicted octanol–water partition coefficient (Wildman–Crippen LogP) is 13.7. The van der Waals surface area contributed by atoms with Crippen LogP contribution in [0.5, 0.6) is 0 Å². The van der Waals surface area contributed by atoms with Crippen molar-refractivity contribution in [2.45, 2.75) is 225 Å². The minimum atomic E-state index is -0.0638. The average Bonchev–Trinajstić information content (AvgIpc) is 3.54. The van der Waals surface area contributed by atoms with Crippen LogP contribution in [0.2, 0.25) is 0 Å². The lowest BCUT2D eigenvalue weighted by Gasteiger charge is -2.17. The quantitative estimate of drug-likeness (QED) is 0.0735. The highest BCUT2D eigenvalue weighted by Gasteiger charge is 2.10. The van der Waals surface area contributed by atoms with Crippen molar-refractivity contribution in [2.24, 2.45) is 0 Å². The van der Waals surface area contributed by atoms with E-state index in [1.54, 1.807) is 6.20 Å². The first-order chi connectivity index (χ1) is 23.7. The van der Waals surface area contributed by atoms with Crippen LogP contribution in [0.3, 0.4) is 0 Å². The Morgan fingerprint density at radius 2 is 0.833 bits per heavy atom. The van der Waals surface area contributed by atoms with E-state index in [4.69, 9.17) is 0 Å². The van der Waals surface area contributed by atoms with Crippen molar-refractivity contribution in [3.8, 4) is 0 Å². The molecule has 0 unspecified atom stereocenters. The summed E-state index contributed by atoms with van der Waals surface area (Å²) in [6.45, 7) is 3.30. The maximum atomic E-state index is 11.9. The standard InChI is InChI=1S/C43H80N4O/c1-3-4-5-6-7-8-9-10-11-12-13-14-15-16-17-18-19-20-21-22-23-24-25-26-27-28-29-30-31-32-33-34-35-36-39-46(2)41-40-45-47-42(48)37-38-44-43(41)47/h37-38,40,45H,3-36,39H2,1-2H3. The van der Waals surface area contributed by atoms with Crippen LogP contribution in [0, 0.1) is 0 Å². The average molecular weight is 669 g/mol. The van der Waals surface area contributed by atoms with E-state index in [-0.39, 0.29) is 5.56 Å². The number of aromatic amines is 1. The lowest BCUT2D eigenvalue weighted by Crippen LogP contribution is -2.19. The van der Waals surface area contributed by atoms with Gasteiger partial charge in [-0.15, -0.1) is 0 Å². The monoisotopic (exact) mass is 669 g/mol. The molecule has 2 rings (SSSR count). The number of aromatic nitrogens is 3. The third-order valence-corrected chi connectivity index (χ3v) is 10.7. The van der Waals surface area contributed by atoms with Gasteiger partial charge in [-0.1, -0.05) is 219 Å². The third kappa shape index (κ3) is 22.0. The molecule has 48 heavy (non-hydrogen) atoms. The minimum absolute atomic E-state index is 0.0638. The molecule has 0 amide bonds. The van der Waals surface area contributed by atoms with Crippen molar-refractivity contribution in [3.63, 3.8) is 0 Å². The fourth-order valence-electron chi connectivity index (χ4n) is 7.38. The van der Waals surface area contributed by atoms with Gasteiger partial charge in [-0.3, -0.25) is 9.89 Å². The molecule has 278 valence electrons. The number of rotatable bonds is 36. The Hall–Kier alpha value is -1.78. The normalized spacial score (nSPS) is 11.6. The lowest BCUT2D eigenvalue weighted by molar-refractivity contribution is 0.511. The van der Waals surface area contributed by atoms with Gasteiger partial charge in [0.1, 0.15) is 0 Å². The largest absolute Gasteiger partial charge is 0.370 e. The first kappa shape index (κ1) is 42.4. The molecule has 2 heterocycles. The van der Waals surface area contributed by atoms with Crippen LogP contribution < -0.4 is 10.5 Å². The summed E-state index contributed by atoms with van der Waals surface area (Å²) >= 11 is 0. The van der Waals surface area contributed by atoms with Gasteiger partial charge in [0.2, 0.25) is 0 Å². The van der Waals surface area contributed by atoms with Crippen molar-refractivity contribution < 1.29 is 0 Å². The number of anilines is 1. The molecule has 0 aliphatic rings. The summed E-state index contributed by atoms with van der Waals surface area (Å²) in [5.74, 6) is 0. The van der Waals surface area contributed by atoms with Gasteiger partial charge in [0, 0.05) is 32.1 Å². The van der Waals surface area contributed by atoms with E-state index < -0.39 is 0 Å². The highest BCUT2D eigenvalue weighted by Crippen LogP contribution is 2.19. The molecule has 2 aromatic rings. The predicted molar refractivity (Wildman–Crippen MR) is 212 cm³/mol. The summed E-state index contributed by atoms with van der Waals surface area (Å²) in [6, 6.07) is 1.48. The van der Waals surface area contributed by atoms with Gasteiger partial charge in [-0.25, -0.2) is 4.98 Å². The molecule has 0 fully saturated rings. The zero-order valence-electron chi connectivity index (χ0n) is 32.2. The van der Waals surface area contributed by atoms with E-state index in [2.05, 4.69) is 29.0 Å². The zero-order chi connectivity index (χ0) is 34.2. The zero-order valence-corrected chi connectivity index (χ0v) is 32.2. The van der Waals surface area contributed by atoms with Crippen LogP contribution in [0.25, 0.3) is 5.65 Å². The molecule has 5 heteroatoms. The smallest absolute Gasteiger partial charge is 0.272 e. The molecule has 1 N–H and O–H groups in total. The molecule has 0 aromatic carbocycles. The van der Waals surface area contributed by atoms with Gasteiger partial charge >= 0.3 is 0 Å². The van der Waals surface area contributed by atoms with Crippen molar-refractivity contribution in [1.29, 1.82) is 0 Å². The number of nitrogens with zero attached hydrogens (tertiary/aromatic N) is 3. The first-order valence-corrected chi connectivity index (χ1v) is 21.5. The van der Waals surface area contributed by atoms with Crippen LogP contribution in [0.4, 0.5) is 5.69 Å². The number of hydrogen-bond donors (Lipinski definition) is 1. The summed E-state index contributed by atoms with van der Waals surface area (Å²) in [5.41, 5.74) is 1.65. The maximum absolute atomic E-state index is 11.9. The highest BCUT2D eigenvalue weighted by atomic mass is 16.1. The molecule has 5 nitrogen and oxygen atoms in total. The third-order valence-electron chi connectivity index (χ3n) is 10.7. The molecule has 0 atom stereocenters. The summed E-state index contributed by atoms with van der Waals surface area (Å²) in [5, 5.41) is 3.01. The van der Waals surface area contributed by atoms with Crippen molar-refractivity contribution in [1.82, 2.24) is 14.6 Å². The number of nitrogens with one attached hydrogen (secondary N) is 1. The van der Waals surface area contributed by atoms with E-state index in [1.807, 2.05) is 6.20 Å². The fourth-order valence-corrected chi connectivity index (χ4v) is 7.38. The van der Waals surface area contributed by atoms with Gasteiger partial charge in [0.15, 0.2) is 5.65 Å². The van der Waals surface area contributed by atoms with Crippen molar-refractivity contribution >= 4 is 11.3 Å². The minimum Gasteiger partial charge on any atom is -0.370 e. The van der Waals surface area contributed by atoms with Gasteiger partial charge < -0.3 is 4.90 Å². The molecular formula is C43H80N4O. The molecule has 0 spiro atoms. The Labute approximate surface area is 297 Å². The second-order valence-corrected chi connectivity index (χ2v) is 15.2. The SMILES string of the molecule is CCCCCCCCCCCCCCCCCCCCCCCCCCCCCCCCCCCCN(C)c1c[nH]n2c(=O)ccnc12. The van der Waals surface area contributed by atoms with Gasteiger partial charge in [-0.2, -0.15) is 4.52 Å². The topological polar surface area (TPSA) is 53.4 Å². The molecule has 0 bridgehead atoms. The van der Waals surface area contributed by atoms with Crippen molar-refractivity contribution in [3.05, 3.63) is 28.8 Å². The molecule has 2 aromatic heterocycles. The molecular weight excluding hydrogens is 589 g/mol. The summed E-state index contributed by atoms with van der Waals surface area (Å²) in [7, 11) is 2.09. The fraction of sp³-hybridized carbons (Fsp3) is 0.860. The maximum Gasteiger partial charge on any atom is 0.272 e. The number of H-pyrrole nitrogens is 1. The van der Waals surface area contributed by atoms with E-state index in [0.29, 0.717) is 5.65 Å². The molecule has 0 aliphatic heterocycles. The van der Waals surface area contributed by atoms with E-state index in [1.165, 1.54) is 229 Å². The van der Waals surface area contributed by atoms with Crippen molar-refractivity contribution in [2.75, 3.05) is 18.5 Å².